The van der Waals surface area contributed by atoms with Crippen LogP contribution in [0.5, 0.6) is 11.5 Å². The molecule has 34 heavy (non-hydrogen) atoms. The Morgan fingerprint density at radius 3 is 2.71 bits per heavy atom. The minimum absolute atomic E-state index is 0.0518. The van der Waals surface area contributed by atoms with E-state index >= 15 is 0 Å². The number of ether oxygens (including phenoxy) is 1. The molecular weight excluding hydrogens is 424 g/mol. The van der Waals surface area contributed by atoms with Crippen molar-refractivity contribution in [1.29, 1.82) is 0 Å². The van der Waals surface area contributed by atoms with Gasteiger partial charge < -0.3 is 19.9 Å². The number of aromatic amines is 1. The van der Waals surface area contributed by atoms with Gasteiger partial charge in [-0.1, -0.05) is 24.1 Å². The van der Waals surface area contributed by atoms with Crippen LogP contribution < -0.4 is 15.0 Å². The van der Waals surface area contributed by atoms with Gasteiger partial charge in [0, 0.05) is 36.3 Å². The minimum Gasteiger partial charge on any atom is -0.457 e. The van der Waals surface area contributed by atoms with E-state index in [9.17, 15) is 4.79 Å². The zero-order chi connectivity index (χ0) is 23.3. The maximum atomic E-state index is 12.0. The van der Waals surface area contributed by atoms with Crippen molar-refractivity contribution in [2.24, 2.45) is 0 Å². The number of pyridine rings is 1. The van der Waals surface area contributed by atoms with Crippen molar-refractivity contribution in [3.8, 4) is 34.6 Å². The molecule has 0 radical (unpaired) electrons. The summed E-state index contributed by atoms with van der Waals surface area (Å²) in [6.45, 7) is 3.27. The fraction of sp³-hybridized carbons (Fsp3) is 0.214. The molecule has 0 spiro atoms. The third-order valence-corrected chi connectivity index (χ3v) is 5.95. The van der Waals surface area contributed by atoms with Crippen LogP contribution in [-0.2, 0) is 4.79 Å². The van der Waals surface area contributed by atoms with Crippen LogP contribution in [0.4, 0.5) is 5.82 Å². The number of hydrogen-bond acceptors (Lipinski definition) is 4. The number of nitrogens with one attached hydrogen (secondary N) is 2. The number of benzene rings is 2. The van der Waals surface area contributed by atoms with Gasteiger partial charge in [-0.15, -0.1) is 0 Å². The number of carbonyl (C=O) groups excluding carboxylic acids is 1. The van der Waals surface area contributed by atoms with Crippen LogP contribution in [0.3, 0.4) is 0 Å². The molecule has 1 aliphatic rings. The predicted octanol–water partition coefficient (Wildman–Crippen LogP) is 5.13. The van der Waals surface area contributed by atoms with E-state index in [1.807, 2.05) is 60.8 Å². The molecule has 0 unspecified atom stereocenters. The second-order valence-corrected chi connectivity index (χ2v) is 8.34. The number of anilines is 1. The zero-order valence-electron chi connectivity index (χ0n) is 19.0. The van der Waals surface area contributed by atoms with E-state index in [-0.39, 0.29) is 11.9 Å². The van der Waals surface area contributed by atoms with Gasteiger partial charge in [-0.3, -0.25) is 4.79 Å². The SMILES string of the molecule is CC#CC(=O)N[C@@H]1CCCN(c2nc(-c3ccc(Oc4ccccc4)cc3)cc3[nH]ccc23)C1. The summed E-state index contributed by atoms with van der Waals surface area (Å²) < 4.78 is 5.93. The highest BCUT2D eigenvalue weighted by Gasteiger charge is 2.24. The third kappa shape index (κ3) is 4.74. The lowest BCUT2D eigenvalue weighted by atomic mass is 10.0. The number of piperidine rings is 1. The van der Waals surface area contributed by atoms with Crippen molar-refractivity contribution >= 4 is 22.6 Å². The summed E-state index contributed by atoms with van der Waals surface area (Å²) in [6.07, 6.45) is 3.86. The zero-order valence-corrected chi connectivity index (χ0v) is 19.0. The minimum atomic E-state index is -0.222. The first-order valence-electron chi connectivity index (χ1n) is 11.5. The molecule has 2 aromatic heterocycles. The molecule has 3 heterocycles. The molecule has 1 amide bonds. The van der Waals surface area contributed by atoms with E-state index in [1.54, 1.807) is 6.92 Å². The van der Waals surface area contributed by atoms with E-state index in [1.165, 1.54) is 0 Å². The molecule has 2 N–H and O–H groups in total. The van der Waals surface area contributed by atoms with Gasteiger partial charge in [-0.25, -0.2) is 4.98 Å². The molecule has 4 aromatic rings. The normalized spacial score (nSPS) is 15.4. The quantitative estimate of drug-likeness (QED) is 0.414. The average molecular weight is 451 g/mol. The third-order valence-electron chi connectivity index (χ3n) is 5.95. The number of para-hydroxylation sites is 1. The lowest BCUT2D eigenvalue weighted by Crippen LogP contribution is -2.47. The molecule has 170 valence electrons. The maximum Gasteiger partial charge on any atom is 0.296 e. The Morgan fingerprint density at radius 1 is 1.12 bits per heavy atom. The van der Waals surface area contributed by atoms with Crippen molar-refractivity contribution in [2.45, 2.75) is 25.8 Å². The lowest BCUT2D eigenvalue weighted by Gasteiger charge is -2.34. The van der Waals surface area contributed by atoms with E-state index < -0.39 is 0 Å². The van der Waals surface area contributed by atoms with Crippen molar-refractivity contribution in [3.63, 3.8) is 0 Å². The van der Waals surface area contributed by atoms with Gasteiger partial charge in [0.1, 0.15) is 17.3 Å². The summed E-state index contributed by atoms with van der Waals surface area (Å²) in [5.41, 5.74) is 2.94. The van der Waals surface area contributed by atoms with Crippen LogP contribution >= 0.6 is 0 Å². The van der Waals surface area contributed by atoms with E-state index in [2.05, 4.69) is 39.2 Å². The first-order chi connectivity index (χ1) is 16.7. The lowest BCUT2D eigenvalue weighted by molar-refractivity contribution is -0.116. The molecule has 1 atom stereocenters. The van der Waals surface area contributed by atoms with Crippen molar-refractivity contribution in [3.05, 3.63) is 72.9 Å². The summed E-state index contributed by atoms with van der Waals surface area (Å²) in [7, 11) is 0. The fourth-order valence-corrected chi connectivity index (χ4v) is 4.37. The number of fused-ring (bicyclic) bond motifs is 1. The summed E-state index contributed by atoms with van der Waals surface area (Å²) in [4.78, 5) is 22.6. The average Bonchev–Trinajstić information content (AvgIpc) is 3.34. The topological polar surface area (TPSA) is 70.2 Å². The standard InChI is InChI=1S/C28H26N4O2/c1-2-7-27(33)30-21-8-6-17-32(19-21)28-24-15-16-29-26(24)18-25(31-28)20-11-13-23(14-12-20)34-22-9-4-3-5-10-22/h3-5,9-16,18,21,29H,6,8,17,19H2,1H3,(H,30,33)/t21-/m1/s1. The molecule has 6 nitrogen and oxygen atoms in total. The van der Waals surface area contributed by atoms with Gasteiger partial charge in [-0.2, -0.15) is 0 Å². The van der Waals surface area contributed by atoms with Crippen molar-refractivity contribution in [2.75, 3.05) is 18.0 Å². The number of rotatable bonds is 5. The van der Waals surface area contributed by atoms with Crippen LogP contribution in [-0.4, -0.2) is 35.0 Å². The van der Waals surface area contributed by atoms with E-state index in [0.29, 0.717) is 6.54 Å². The van der Waals surface area contributed by atoms with Crippen LogP contribution in [0, 0.1) is 11.8 Å². The molecule has 1 saturated heterocycles. The highest BCUT2D eigenvalue weighted by Crippen LogP contribution is 2.32. The molecule has 5 rings (SSSR count). The first-order valence-corrected chi connectivity index (χ1v) is 11.5. The first kappa shape index (κ1) is 21.6. The Labute approximate surface area is 199 Å². The molecule has 0 bridgehead atoms. The van der Waals surface area contributed by atoms with Gasteiger partial charge in [0.15, 0.2) is 0 Å². The van der Waals surface area contributed by atoms with Gasteiger partial charge in [0.2, 0.25) is 0 Å². The second kappa shape index (κ2) is 9.72. The predicted molar refractivity (Wildman–Crippen MR) is 135 cm³/mol. The van der Waals surface area contributed by atoms with Gasteiger partial charge in [0.25, 0.3) is 5.91 Å². The Morgan fingerprint density at radius 2 is 1.91 bits per heavy atom. The summed E-state index contributed by atoms with van der Waals surface area (Å²) in [5.74, 6) is 7.53. The largest absolute Gasteiger partial charge is 0.457 e. The summed E-state index contributed by atoms with van der Waals surface area (Å²) in [5, 5.41) is 4.11. The molecule has 2 aromatic carbocycles. The number of hydrogen-bond donors (Lipinski definition) is 2. The second-order valence-electron chi connectivity index (χ2n) is 8.34. The number of aromatic nitrogens is 2. The smallest absolute Gasteiger partial charge is 0.296 e. The van der Waals surface area contributed by atoms with Gasteiger partial charge in [-0.05, 0) is 74.2 Å². The van der Waals surface area contributed by atoms with Crippen molar-refractivity contribution in [1.82, 2.24) is 15.3 Å². The van der Waals surface area contributed by atoms with Crippen LogP contribution in [0.15, 0.2) is 72.9 Å². The Hall–Kier alpha value is -4.24. The van der Waals surface area contributed by atoms with Gasteiger partial charge in [0.05, 0.1) is 11.2 Å². The maximum absolute atomic E-state index is 12.0. The van der Waals surface area contributed by atoms with Crippen LogP contribution in [0.25, 0.3) is 22.2 Å². The fourth-order valence-electron chi connectivity index (χ4n) is 4.37. The van der Waals surface area contributed by atoms with E-state index in [0.717, 1.165) is 58.9 Å². The van der Waals surface area contributed by atoms with Crippen LogP contribution in [0.2, 0.25) is 0 Å². The van der Waals surface area contributed by atoms with E-state index in [4.69, 9.17) is 9.72 Å². The number of nitrogens with zero attached hydrogens (tertiary/aromatic N) is 2. The highest BCUT2D eigenvalue weighted by atomic mass is 16.5. The summed E-state index contributed by atoms with van der Waals surface area (Å²) in [6, 6.07) is 21.9. The van der Waals surface area contributed by atoms with Crippen LogP contribution in [0.1, 0.15) is 19.8 Å². The Balaban J connectivity index is 1.40. The molecular formula is C28H26N4O2. The number of H-pyrrole nitrogens is 1. The molecule has 6 heteroatoms. The molecule has 0 saturated carbocycles. The monoisotopic (exact) mass is 450 g/mol. The highest BCUT2D eigenvalue weighted by molar-refractivity contribution is 5.94. The summed E-state index contributed by atoms with van der Waals surface area (Å²) >= 11 is 0. The number of amides is 1. The Bertz CT molecular complexity index is 1350. The van der Waals surface area contributed by atoms with Gasteiger partial charge >= 0.3 is 0 Å². The molecule has 0 aliphatic carbocycles. The molecule has 1 aliphatic heterocycles. The number of carbonyl (C=O) groups is 1. The Kier molecular flexibility index (Phi) is 6.17. The van der Waals surface area contributed by atoms with Crippen molar-refractivity contribution < 1.29 is 9.53 Å². The molecule has 1 fully saturated rings.